The predicted octanol–water partition coefficient (Wildman–Crippen LogP) is 1.74. The van der Waals surface area contributed by atoms with E-state index in [1.165, 1.54) is 0 Å². The van der Waals surface area contributed by atoms with E-state index in [0.29, 0.717) is 19.0 Å². The molecule has 1 heterocycles. The molecule has 2 rings (SSSR count). The highest BCUT2D eigenvalue weighted by Crippen LogP contribution is 2.40. The van der Waals surface area contributed by atoms with E-state index in [0.717, 1.165) is 30.2 Å². The van der Waals surface area contributed by atoms with Crippen LogP contribution in [0.4, 0.5) is 0 Å². The number of rotatable bonds is 5. The molecule has 1 aliphatic heterocycles. The number of benzene rings is 1. The van der Waals surface area contributed by atoms with Gasteiger partial charge in [-0.25, -0.2) is 0 Å². The fraction of sp³-hybridized carbons (Fsp3) is 0.385. The summed E-state index contributed by atoms with van der Waals surface area (Å²) in [6.07, 6.45) is 1.83. The third-order valence-corrected chi connectivity index (χ3v) is 2.51. The fourth-order valence-corrected chi connectivity index (χ4v) is 1.75. The molecule has 17 heavy (non-hydrogen) atoms. The summed E-state index contributed by atoms with van der Waals surface area (Å²) < 4.78 is 16.4. The highest BCUT2D eigenvalue weighted by atomic mass is 16.6. The Balaban J connectivity index is 2.20. The zero-order chi connectivity index (χ0) is 12.1. The molecule has 0 amide bonds. The molecular formula is C13H17NO3. The highest BCUT2D eigenvalue weighted by molar-refractivity contribution is 5.54. The first-order valence-electron chi connectivity index (χ1n) is 5.63. The van der Waals surface area contributed by atoms with E-state index < -0.39 is 0 Å². The molecule has 1 N–H and O–H groups in total. The van der Waals surface area contributed by atoms with Gasteiger partial charge in [0.2, 0.25) is 5.75 Å². The van der Waals surface area contributed by atoms with Crippen molar-refractivity contribution < 1.29 is 14.2 Å². The molecule has 0 fully saturated rings. The van der Waals surface area contributed by atoms with Crippen molar-refractivity contribution in [3.05, 3.63) is 30.4 Å². The van der Waals surface area contributed by atoms with Gasteiger partial charge in [0, 0.05) is 13.1 Å². The first kappa shape index (κ1) is 11.8. The first-order valence-corrected chi connectivity index (χ1v) is 5.63. The quantitative estimate of drug-likeness (QED) is 0.623. The predicted molar refractivity (Wildman–Crippen MR) is 65.9 cm³/mol. The number of methoxy groups -OCH3 is 1. The molecule has 1 aromatic rings. The lowest BCUT2D eigenvalue weighted by Gasteiger charge is -2.21. The van der Waals surface area contributed by atoms with Crippen molar-refractivity contribution in [1.82, 2.24) is 5.32 Å². The van der Waals surface area contributed by atoms with Crippen LogP contribution in [-0.4, -0.2) is 26.9 Å². The number of hydrogen-bond acceptors (Lipinski definition) is 4. The van der Waals surface area contributed by atoms with Gasteiger partial charge in [-0.15, -0.1) is 6.58 Å². The van der Waals surface area contributed by atoms with E-state index in [1.807, 2.05) is 18.2 Å². The molecule has 1 aliphatic rings. The van der Waals surface area contributed by atoms with Crippen LogP contribution in [-0.2, 0) is 6.54 Å². The van der Waals surface area contributed by atoms with Gasteiger partial charge in [-0.05, 0) is 17.7 Å². The van der Waals surface area contributed by atoms with E-state index in [-0.39, 0.29) is 0 Å². The zero-order valence-corrected chi connectivity index (χ0v) is 9.99. The van der Waals surface area contributed by atoms with Gasteiger partial charge in [0.25, 0.3) is 0 Å². The van der Waals surface area contributed by atoms with Crippen LogP contribution in [0.5, 0.6) is 17.2 Å². The summed E-state index contributed by atoms with van der Waals surface area (Å²) in [6.45, 7) is 6.34. The van der Waals surface area contributed by atoms with Gasteiger partial charge in [0.15, 0.2) is 11.5 Å². The van der Waals surface area contributed by atoms with E-state index in [1.54, 1.807) is 7.11 Å². The molecule has 4 nitrogen and oxygen atoms in total. The summed E-state index contributed by atoms with van der Waals surface area (Å²) in [5.74, 6) is 2.18. The number of ether oxygens (including phenoxy) is 3. The normalized spacial score (nSPS) is 13.2. The second kappa shape index (κ2) is 5.59. The Bertz CT molecular complexity index is 387. The minimum atomic E-state index is 0.567. The van der Waals surface area contributed by atoms with Gasteiger partial charge >= 0.3 is 0 Å². The largest absolute Gasteiger partial charge is 0.493 e. The molecule has 0 spiro atoms. The number of fused-ring (bicyclic) bond motifs is 1. The van der Waals surface area contributed by atoms with Gasteiger partial charge in [-0.2, -0.15) is 0 Å². The Hall–Kier alpha value is -1.68. The van der Waals surface area contributed by atoms with Crippen molar-refractivity contribution >= 4 is 0 Å². The highest BCUT2D eigenvalue weighted by Gasteiger charge is 2.18. The van der Waals surface area contributed by atoms with Crippen molar-refractivity contribution in [2.45, 2.75) is 6.54 Å². The zero-order valence-electron chi connectivity index (χ0n) is 9.99. The van der Waals surface area contributed by atoms with E-state index in [2.05, 4.69) is 11.9 Å². The van der Waals surface area contributed by atoms with Gasteiger partial charge in [0.1, 0.15) is 13.2 Å². The maximum Gasteiger partial charge on any atom is 0.203 e. The van der Waals surface area contributed by atoms with Crippen LogP contribution < -0.4 is 19.5 Å². The molecule has 0 aromatic heterocycles. The fourth-order valence-electron chi connectivity index (χ4n) is 1.75. The summed E-state index contributed by atoms with van der Waals surface area (Å²) in [5, 5.41) is 3.24. The lowest BCUT2D eigenvalue weighted by atomic mass is 10.1. The van der Waals surface area contributed by atoms with Crippen molar-refractivity contribution in [2.24, 2.45) is 0 Å². The third kappa shape index (κ3) is 2.71. The third-order valence-electron chi connectivity index (χ3n) is 2.51. The Morgan fingerprint density at radius 1 is 1.41 bits per heavy atom. The lowest BCUT2D eigenvalue weighted by Crippen LogP contribution is -2.17. The second-order valence-corrected chi connectivity index (χ2v) is 3.74. The maximum atomic E-state index is 5.56. The van der Waals surface area contributed by atoms with E-state index in [4.69, 9.17) is 14.2 Å². The standard InChI is InChI=1S/C13H17NO3/c1-3-4-14-9-10-7-11(15-2)13-12(8-10)16-5-6-17-13/h3,7-8,14H,1,4-6,9H2,2H3. The Morgan fingerprint density at radius 2 is 2.24 bits per heavy atom. The maximum absolute atomic E-state index is 5.56. The number of hydrogen-bond donors (Lipinski definition) is 1. The van der Waals surface area contributed by atoms with Crippen molar-refractivity contribution in [3.8, 4) is 17.2 Å². The van der Waals surface area contributed by atoms with Gasteiger partial charge in [0.05, 0.1) is 7.11 Å². The van der Waals surface area contributed by atoms with E-state index >= 15 is 0 Å². The summed E-state index contributed by atoms with van der Waals surface area (Å²) in [5.41, 5.74) is 1.10. The average molecular weight is 235 g/mol. The van der Waals surface area contributed by atoms with Gasteiger partial charge in [-0.3, -0.25) is 0 Å². The molecular weight excluding hydrogens is 218 g/mol. The van der Waals surface area contributed by atoms with Crippen LogP contribution in [0.15, 0.2) is 24.8 Å². The van der Waals surface area contributed by atoms with Gasteiger partial charge < -0.3 is 19.5 Å². The topological polar surface area (TPSA) is 39.7 Å². The molecule has 0 unspecified atom stereocenters. The molecule has 0 atom stereocenters. The molecule has 1 aromatic carbocycles. The van der Waals surface area contributed by atoms with Crippen molar-refractivity contribution in [2.75, 3.05) is 26.9 Å². The SMILES string of the molecule is C=CCNCc1cc(OC)c2c(c1)OCCO2. The van der Waals surface area contributed by atoms with Crippen molar-refractivity contribution in [3.63, 3.8) is 0 Å². The molecule has 0 radical (unpaired) electrons. The van der Waals surface area contributed by atoms with Crippen molar-refractivity contribution in [1.29, 1.82) is 0 Å². The van der Waals surface area contributed by atoms with Crippen LogP contribution in [0.2, 0.25) is 0 Å². The van der Waals surface area contributed by atoms with Gasteiger partial charge in [-0.1, -0.05) is 6.08 Å². The van der Waals surface area contributed by atoms with Crippen LogP contribution >= 0.6 is 0 Å². The molecule has 0 saturated carbocycles. The van der Waals surface area contributed by atoms with Crippen LogP contribution in [0, 0.1) is 0 Å². The number of nitrogens with one attached hydrogen (secondary N) is 1. The molecule has 0 aliphatic carbocycles. The molecule has 0 saturated heterocycles. The summed E-state index contributed by atoms with van der Waals surface area (Å²) in [6, 6.07) is 3.94. The summed E-state index contributed by atoms with van der Waals surface area (Å²) in [7, 11) is 1.63. The van der Waals surface area contributed by atoms with E-state index in [9.17, 15) is 0 Å². The Morgan fingerprint density at radius 3 is 3.00 bits per heavy atom. The summed E-state index contributed by atoms with van der Waals surface area (Å²) in [4.78, 5) is 0. The minimum absolute atomic E-state index is 0.567. The Kier molecular flexibility index (Phi) is 3.88. The van der Waals surface area contributed by atoms with Crippen LogP contribution in [0.25, 0.3) is 0 Å². The Labute approximate surface area is 101 Å². The van der Waals surface area contributed by atoms with Crippen LogP contribution in [0.1, 0.15) is 5.56 Å². The summed E-state index contributed by atoms with van der Waals surface area (Å²) >= 11 is 0. The smallest absolute Gasteiger partial charge is 0.203 e. The monoisotopic (exact) mass is 235 g/mol. The first-order chi connectivity index (χ1) is 8.35. The minimum Gasteiger partial charge on any atom is -0.493 e. The van der Waals surface area contributed by atoms with Crippen LogP contribution in [0.3, 0.4) is 0 Å². The average Bonchev–Trinajstić information content (AvgIpc) is 2.38. The molecule has 92 valence electrons. The second-order valence-electron chi connectivity index (χ2n) is 3.74. The lowest BCUT2D eigenvalue weighted by molar-refractivity contribution is 0.165. The molecule has 4 heteroatoms. The molecule has 0 bridgehead atoms.